The number of hydrogen-bond donors (Lipinski definition) is 20. The zero-order chi connectivity index (χ0) is 54.6. The van der Waals surface area contributed by atoms with Gasteiger partial charge in [-0.3, -0.25) is 0 Å². The number of carbonyl (C=O) groups is 6. The number of hydrogen-bond acceptors (Lipinski definition) is 31. The van der Waals surface area contributed by atoms with E-state index in [1.807, 2.05) is 0 Å². The second-order valence-electron chi connectivity index (χ2n) is 17.0. The summed E-state index contributed by atoms with van der Waals surface area (Å²) in [7, 11) is 0. The molecule has 73 heavy (non-hydrogen) atoms. The molecule has 6 aliphatic rings. The molecule has 0 radical (unpaired) electrons. The predicted molar refractivity (Wildman–Crippen MR) is 202 cm³/mol. The molecule has 0 aliphatic carbocycles. The minimum atomic E-state index is -2.64. The molecule has 0 aromatic rings. The molecule has 416 valence electrons. The van der Waals surface area contributed by atoms with Gasteiger partial charge in [0.25, 0.3) is 0 Å². The number of carboxylic acids is 6. The Labute approximate surface area is 403 Å². The van der Waals surface area contributed by atoms with E-state index in [-0.39, 0.29) is 0 Å². The monoisotopic (exact) mass is 1070 g/mol. The Morgan fingerprint density at radius 1 is 0.233 bits per heavy atom. The Kier molecular flexibility index (Phi) is 18.3. The van der Waals surface area contributed by atoms with Crippen molar-refractivity contribution in [1.29, 1.82) is 0 Å². The lowest BCUT2D eigenvalue weighted by molar-refractivity contribution is -0.386. The first-order valence-electron chi connectivity index (χ1n) is 21.1. The lowest BCUT2D eigenvalue weighted by Gasteiger charge is -2.48. The predicted octanol–water partition coefficient (Wildman–Crippen LogP) is -13.5. The third kappa shape index (κ3) is 11.5. The quantitative estimate of drug-likeness (QED) is 0.0682. The fourth-order valence-corrected chi connectivity index (χ4v) is 8.34. The van der Waals surface area contributed by atoms with Crippen LogP contribution in [0.2, 0.25) is 0 Å². The van der Waals surface area contributed by atoms with E-state index in [9.17, 15) is 131 Å². The van der Waals surface area contributed by atoms with Gasteiger partial charge in [-0.1, -0.05) is 0 Å². The van der Waals surface area contributed by atoms with E-state index in [4.69, 9.17) is 47.4 Å². The highest BCUT2D eigenvalue weighted by atomic mass is 16.8. The average Bonchev–Trinajstić information content (AvgIpc) is 3.31. The number of carboxylic acid groups (broad SMARTS) is 6. The van der Waals surface area contributed by atoms with Crippen molar-refractivity contribution in [3.8, 4) is 0 Å². The number of aliphatic hydroxyl groups excluding tert-OH is 14. The molecule has 6 rings (SSSR count). The lowest BCUT2D eigenvalue weighted by Crippen LogP contribution is -2.69. The molecule has 37 heteroatoms. The molecule has 0 amide bonds. The van der Waals surface area contributed by atoms with Crippen molar-refractivity contribution in [3.63, 3.8) is 0 Å². The summed E-state index contributed by atoms with van der Waals surface area (Å²) < 4.78 is 56.5. The van der Waals surface area contributed by atoms with Crippen molar-refractivity contribution in [1.82, 2.24) is 0 Å². The van der Waals surface area contributed by atoms with Gasteiger partial charge in [-0.25, -0.2) is 28.8 Å². The molecule has 6 heterocycles. The SMILES string of the molecule is O=C(O)[C@H]1O[C@@H](O[C@H]2[C@H](O)[C@H](O)[C@H](O[C@H]3[C@H](O)[C@H](O)[C@H](O[C@H]4[C@H](O)[C@H](O)[C@H](O[C@H]5[C@H](O)[C@H](O)C(O)O[C@@H]5C(=O)O)O[C@H]4C(=O)O)O[C@H]3C(=O)O)O[C@@H]2C(=O)O)[C@@H](O)[C@@H](O)[C@@H]1O[C@@H]1O[C@@H](C(=O)O)[C@@H](O)[C@H](O)[C@@H]1O. The molecule has 0 spiro atoms. The molecule has 0 bridgehead atoms. The van der Waals surface area contributed by atoms with Gasteiger partial charge in [0.15, 0.2) is 74.4 Å². The van der Waals surface area contributed by atoms with E-state index in [1.54, 1.807) is 0 Å². The minimum Gasteiger partial charge on any atom is -0.479 e. The van der Waals surface area contributed by atoms with Crippen molar-refractivity contribution in [2.75, 3.05) is 0 Å². The third-order valence-corrected chi connectivity index (χ3v) is 12.2. The van der Waals surface area contributed by atoms with Crippen LogP contribution < -0.4 is 0 Å². The molecule has 1 unspecified atom stereocenters. The maximum absolute atomic E-state index is 12.5. The van der Waals surface area contributed by atoms with Crippen molar-refractivity contribution in [2.24, 2.45) is 0 Å². The summed E-state index contributed by atoms with van der Waals surface area (Å²) in [5.74, 6) is -12.2. The number of aliphatic hydroxyl groups is 14. The summed E-state index contributed by atoms with van der Waals surface area (Å²) in [6.45, 7) is 0. The van der Waals surface area contributed by atoms with Crippen molar-refractivity contribution in [2.45, 2.75) is 184 Å². The van der Waals surface area contributed by atoms with Crippen LogP contribution in [0.1, 0.15) is 0 Å². The van der Waals surface area contributed by atoms with E-state index < -0.39 is 220 Å². The molecule has 0 saturated carbocycles. The van der Waals surface area contributed by atoms with Crippen LogP contribution in [0.25, 0.3) is 0 Å². The summed E-state index contributed by atoms with van der Waals surface area (Å²) in [5.41, 5.74) is 0. The fourth-order valence-electron chi connectivity index (χ4n) is 8.34. The van der Waals surface area contributed by atoms with Gasteiger partial charge in [0.05, 0.1) is 0 Å². The minimum absolute atomic E-state index is 1.90. The molecule has 6 saturated heterocycles. The first kappa shape index (κ1) is 58.1. The average molecular weight is 1070 g/mol. The summed E-state index contributed by atoms with van der Waals surface area (Å²) >= 11 is 0. The highest BCUT2D eigenvalue weighted by Gasteiger charge is 2.60. The topological polar surface area (TPSA) is 609 Å². The maximum atomic E-state index is 12.5. The Morgan fingerprint density at radius 3 is 0.658 bits per heavy atom. The van der Waals surface area contributed by atoms with Crippen LogP contribution in [-0.4, -0.2) is 322 Å². The zero-order valence-electron chi connectivity index (χ0n) is 36.2. The molecule has 37 nitrogen and oxygen atoms in total. The standard InChI is InChI=1S/C36H50O37/c37-1-2(38)19(25(50)51)69-32(9(1)45)65-15-4(40)11(47)34(71-21(15)27(54)55)67-17-6(42)13(49)36(73-23(17)29(58)59)68-18-7(43)12(48)35(72-24(18)30(60)61)66-16-5(41)10(46)33(70-22(16)28(56)57)64-14-3(39)8(44)31(62)63-20(14)26(52)53/h1-24,31-49,62H,(H,50,51)(H,52,53)(H,54,55)(H,56,57)(H,58,59)(H,60,61)/t1-,2-,3+,4+,5+,6+,7+,8-,9-,10-,11-,12-,13-,14-,15-,16-,17-,18-,19+,20-,21-,22+,23-,24+,31?,32+,33+,34+,35+,36+/m0/s1. The largest absolute Gasteiger partial charge is 0.479 e. The van der Waals surface area contributed by atoms with E-state index >= 15 is 0 Å². The van der Waals surface area contributed by atoms with Crippen LogP contribution in [0.4, 0.5) is 0 Å². The molecular formula is C36H50O37. The molecule has 0 aromatic heterocycles. The van der Waals surface area contributed by atoms with Crippen LogP contribution in [0.15, 0.2) is 0 Å². The van der Waals surface area contributed by atoms with Gasteiger partial charge in [0, 0.05) is 0 Å². The Morgan fingerprint density at radius 2 is 0.425 bits per heavy atom. The smallest absolute Gasteiger partial charge is 0.335 e. The van der Waals surface area contributed by atoms with Crippen LogP contribution >= 0.6 is 0 Å². The summed E-state index contributed by atoms with van der Waals surface area (Å²) in [4.78, 5) is 72.8. The van der Waals surface area contributed by atoms with Gasteiger partial charge in [0.1, 0.15) is 110 Å². The Balaban J connectivity index is 1.13. The zero-order valence-corrected chi connectivity index (χ0v) is 36.2. The highest BCUT2D eigenvalue weighted by Crippen LogP contribution is 2.37. The number of ether oxygens (including phenoxy) is 11. The molecule has 6 fully saturated rings. The molecule has 30 atom stereocenters. The van der Waals surface area contributed by atoms with Gasteiger partial charge in [-0.05, 0) is 0 Å². The Hall–Kier alpha value is -4.18. The number of aliphatic carboxylic acids is 6. The van der Waals surface area contributed by atoms with Crippen molar-refractivity contribution < 1.29 is 183 Å². The fraction of sp³-hybridized carbons (Fsp3) is 0.833. The van der Waals surface area contributed by atoms with E-state index in [0.29, 0.717) is 0 Å². The van der Waals surface area contributed by atoms with Gasteiger partial charge < -0.3 is 154 Å². The van der Waals surface area contributed by atoms with Crippen LogP contribution in [-0.2, 0) is 80.9 Å². The maximum Gasteiger partial charge on any atom is 0.335 e. The Bertz CT molecular complexity index is 1990. The van der Waals surface area contributed by atoms with Crippen molar-refractivity contribution >= 4 is 35.8 Å². The first-order valence-corrected chi connectivity index (χ1v) is 21.1. The third-order valence-electron chi connectivity index (χ3n) is 12.2. The summed E-state index contributed by atoms with van der Waals surface area (Å²) in [5, 5.41) is 207. The second-order valence-corrected chi connectivity index (χ2v) is 17.0. The second kappa shape index (κ2) is 23.0. The normalized spacial score (nSPS) is 49.6. The molecular weight excluding hydrogens is 1020 g/mol. The van der Waals surface area contributed by atoms with Crippen LogP contribution in [0, 0.1) is 0 Å². The van der Waals surface area contributed by atoms with Gasteiger partial charge in [-0.15, -0.1) is 0 Å². The first-order chi connectivity index (χ1) is 34.0. The van der Waals surface area contributed by atoms with Gasteiger partial charge in [-0.2, -0.15) is 0 Å². The van der Waals surface area contributed by atoms with Gasteiger partial charge >= 0.3 is 35.8 Å². The van der Waals surface area contributed by atoms with E-state index in [1.165, 1.54) is 0 Å². The van der Waals surface area contributed by atoms with Crippen LogP contribution in [0.5, 0.6) is 0 Å². The summed E-state index contributed by atoms with van der Waals surface area (Å²) in [6.07, 6.45) is -73.7. The molecule has 0 aromatic carbocycles. The van der Waals surface area contributed by atoms with Gasteiger partial charge in [0.2, 0.25) is 0 Å². The highest BCUT2D eigenvalue weighted by molar-refractivity contribution is 5.76. The lowest BCUT2D eigenvalue weighted by atomic mass is 9.95. The number of rotatable bonds is 16. The van der Waals surface area contributed by atoms with Crippen LogP contribution in [0.3, 0.4) is 0 Å². The molecule has 20 N–H and O–H groups in total. The molecule has 6 aliphatic heterocycles. The van der Waals surface area contributed by atoms with Crippen molar-refractivity contribution in [3.05, 3.63) is 0 Å². The van der Waals surface area contributed by atoms with E-state index in [0.717, 1.165) is 0 Å². The summed E-state index contributed by atoms with van der Waals surface area (Å²) in [6, 6.07) is 0. The van der Waals surface area contributed by atoms with E-state index in [2.05, 4.69) is 4.74 Å².